The van der Waals surface area contributed by atoms with Gasteiger partial charge in [0.2, 0.25) is 10.0 Å². The maximum absolute atomic E-state index is 13.4. The second-order valence-electron chi connectivity index (χ2n) is 13.7. The molecular formula is C37H47ClN4O12S. The third-order valence-corrected chi connectivity index (χ3v) is 11.3. The average Bonchev–Trinajstić information content (AvgIpc) is 4.13. The Morgan fingerprint density at radius 2 is 1.69 bits per heavy atom. The molecule has 300 valence electrons. The number of ether oxygens (including phenoxy) is 2. The van der Waals surface area contributed by atoms with Crippen LogP contribution in [0, 0.1) is 0 Å². The predicted octanol–water partition coefficient (Wildman–Crippen LogP) is 1.79. The van der Waals surface area contributed by atoms with Crippen LogP contribution < -0.4 is 20.1 Å². The van der Waals surface area contributed by atoms with Gasteiger partial charge in [-0.25, -0.2) is 13.2 Å². The first-order valence-electron chi connectivity index (χ1n) is 18.0. The largest absolute Gasteiger partial charge is 0.490 e. The summed E-state index contributed by atoms with van der Waals surface area (Å²) < 4.78 is 41.7. The summed E-state index contributed by atoms with van der Waals surface area (Å²) >= 11 is 6.50. The number of aliphatic carboxylic acids is 1. The standard InChI is InChI=1S/C37H47ClN4O12S/c38-28-11-10-24(55(51,52)42-29(35(48)49)6-3-4-15-40-36(50)41-19-30(44)33(46)34(47)31(45)20-43)17-22(28)21-53-37(13-14-37)27-18-39-16-12-25(27)26-5-1-2-7-32(26)54-23-8-9-23/h1-2,5,7,10-12,16-18,23,29-31,33-34,42-47H,3-4,6,8-9,13-15,19-21H2,(H,48,49)(H2,40,41,50)/t29-,30-,31+,33+,34?/m0/s1. The van der Waals surface area contributed by atoms with Gasteiger partial charge in [0.15, 0.2) is 0 Å². The molecule has 0 bridgehead atoms. The minimum atomic E-state index is -4.32. The first-order chi connectivity index (χ1) is 26.2. The number of carbonyl (C=O) groups excluding carboxylic acids is 1. The lowest BCUT2D eigenvalue weighted by Gasteiger charge is -2.25. The number of benzene rings is 2. The number of hydrogen-bond donors (Lipinski definition) is 9. The first kappa shape index (κ1) is 42.2. The maximum Gasteiger partial charge on any atom is 0.321 e. The van der Waals surface area contributed by atoms with Crippen molar-refractivity contribution < 1.29 is 58.1 Å². The van der Waals surface area contributed by atoms with Gasteiger partial charge in [0.05, 0.1) is 35.9 Å². The molecule has 2 aromatic carbocycles. The van der Waals surface area contributed by atoms with Crippen LogP contribution in [-0.2, 0) is 31.8 Å². The highest BCUT2D eigenvalue weighted by molar-refractivity contribution is 7.89. The minimum Gasteiger partial charge on any atom is -0.490 e. The van der Waals surface area contributed by atoms with E-state index in [9.17, 15) is 43.5 Å². The average molecular weight is 807 g/mol. The number of sulfonamides is 1. The van der Waals surface area contributed by atoms with E-state index in [1.165, 1.54) is 18.2 Å². The Bertz CT molecular complexity index is 1900. The van der Waals surface area contributed by atoms with E-state index in [1.807, 2.05) is 30.3 Å². The van der Waals surface area contributed by atoms with Crippen LogP contribution in [0.3, 0.4) is 0 Å². The second kappa shape index (κ2) is 18.8. The Morgan fingerprint density at radius 3 is 2.38 bits per heavy atom. The zero-order valence-corrected chi connectivity index (χ0v) is 31.5. The third kappa shape index (κ3) is 11.3. The van der Waals surface area contributed by atoms with Crippen molar-refractivity contribution in [2.75, 3.05) is 19.7 Å². The molecule has 2 amide bonds. The number of carboxylic acid groups (broad SMARTS) is 1. The van der Waals surface area contributed by atoms with E-state index in [4.69, 9.17) is 26.2 Å². The Labute approximate surface area is 323 Å². The van der Waals surface area contributed by atoms with Gasteiger partial charge in [0.25, 0.3) is 0 Å². The van der Waals surface area contributed by atoms with Crippen LogP contribution in [0.4, 0.5) is 4.79 Å². The molecule has 1 aromatic heterocycles. The molecule has 0 radical (unpaired) electrons. The van der Waals surface area contributed by atoms with Gasteiger partial charge < -0.3 is 50.7 Å². The van der Waals surface area contributed by atoms with Crippen molar-refractivity contribution in [3.63, 3.8) is 0 Å². The molecule has 5 atom stereocenters. The Morgan fingerprint density at radius 1 is 0.964 bits per heavy atom. The summed E-state index contributed by atoms with van der Waals surface area (Å²) in [4.78, 5) is 28.3. The molecule has 1 unspecified atom stereocenters. The number of hydrogen-bond acceptors (Lipinski definition) is 12. The Balaban J connectivity index is 1.14. The number of unbranched alkanes of at least 4 members (excludes halogenated alkanes) is 1. The molecule has 2 aliphatic carbocycles. The van der Waals surface area contributed by atoms with E-state index in [2.05, 4.69) is 20.3 Å². The van der Waals surface area contributed by atoms with Crippen molar-refractivity contribution in [1.82, 2.24) is 20.3 Å². The van der Waals surface area contributed by atoms with Crippen LogP contribution in [0.15, 0.2) is 65.8 Å². The van der Waals surface area contributed by atoms with Crippen LogP contribution in [0.1, 0.15) is 56.1 Å². The number of urea groups is 1. The molecule has 2 saturated carbocycles. The molecular weight excluding hydrogens is 760 g/mol. The summed E-state index contributed by atoms with van der Waals surface area (Å²) in [6, 6.07) is 11.6. The lowest BCUT2D eigenvalue weighted by atomic mass is 9.96. The number of halogens is 1. The van der Waals surface area contributed by atoms with E-state index >= 15 is 0 Å². The van der Waals surface area contributed by atoms with Crippen LogP contribution in [0.2, 0.25) is 5.02 Å². The zero-order valence-electron chi connectivity index (χ0n) is 29.9. The van der Waals surface area contributed by atoms with Crippen LogP contribution >= 0.6 is 11.6 Å². The lowest BCUT2D eigenvalue weighted by Crippen LogP contribution is -2.50. The molecule has 0 spiro atoms. The molecule has 0 saturated heterocycles. The SMILES string of the molecule is O=C(NCCCC[C@H](NS(=O)(=O)c1ccc(Cl)c(COC2(c3cnccc3-c3ccccc3OC3CC3)CC2)c1)C(=O)O)NC[C@H](O)[C@@H](O)C(O)[C@H](O)CO. The van der Waals surface area contributed by atoms with Gasteiger partial charge in [0.1, 0.15) is 30.1 Å². The summed E-state index contributed by atoms with van der Waals surface area (Å²) in [6.45, 7) is -1.28. The molecule has 3 aromatic rings. The highest BCUT2D eigenvalue weighted by atomic mass is 35.5. The molecule has 5 rings (SSSR count). The number of nitrogens with one attached hydrogen (secondary N) is 3. The number of aromatic nitrogens is 1. The van der Waals surface area contributed by atoms with Gasteiger partial charge in [-0.15, -0.1) is 0 Å². The van der Waals surface area contributed by atoms with Crippen molar-refractivity contribution in [3.05, 3.63) is 77.1 Å². The summed E-state index contributed by atoms with van der Waals surface area (Å²) in [5.74, 6) is -0.604. The van der Waals surface area contributed by atoms with E-state index in [0.717, 1.165) is 35.3 Å². The quantitative estimate of drug-likeness (QED) is 0.0658. The summed E-state index contributed by atoms with van der Waals surface area (Å²) in [5, 5.41) is 62.5. The number of carbonyl (C=O) groups is 2. The predicted molar refractivity (Wildman–Crippen MR) is 199 cm³/mol. The number of nitrogens with zero attached hydrogens (tertiary/aromatic N) is 1. The molecule has 0 aliphatic heterocycles. The molecule has 2 aliphatic rings. The zero-order chi connectivity index (χ0) is 39.8. The summed E-state index contributed by atoms with van der Waals surface area (Å²) in [6.07, 6.45) is 0.548. The van der Waals surface area contributed by atoms with Gasteiger partial charge in [0, 0.05) is 41.6 Å². The normalized spacial score (nSPS) is 17.7. The van der Waals surface area contributed by atoms with Crippen LogP contribution in [0.5, 0.6) is 5.75 Å². The van der Waals surface area contributed by atoms with Gasteiger partial charge in [-0.05, 0) is 86.4 Å². The highest BCUT2D eigenvalue weighted by Gasteiger charge is 2.48. The van der Waals surface area contributed by atoms with E-state index in [0.29, 0.717) is 18.4 Å². The number of amides is 2. The fourth-order valence-corrected chi connectivity index (χ4v) is 7.35. The molecule has 9 N–H and O–H groups in total. The monoisotopic (exact) mass is 806 g/mol. The summed E-state index contributed by atoms with van der Waals surface area (Å²) in [7, 11) is -4.32. The number of rotatable bonds is 22. The minimum absolute atomic E-state index is 0.0198. The van der Waals surface area contributed by atoms with Crippen molar-refractivity contribution in [2.45, 2.75) is 98.6 Å². The number of aliphatic hydroxyl groups is 5. The van der Waals surface area contributed by atoms with Crippen molar-refractivity contribution in [1.29, 1.82) is 0 Å². The van der Waals surface area contributed by atoms with Crippen molar-refractivity contribution >= 4 is 33.6 Å². The topological polar surface area (TPSA) is 257 Å². The number of para-hydroxylation sites is 1. The smallest absolute Gasteiger partial charge is 0.321 e. The molecule has 16 nitrogen and oxygen atoms in total. The third-order valence-electron chi connectivity index (χ3n) is 9.44. The van der Waals surface area contributed by atoms with Crippen molar-refractivity contribution in [3.8, 4) is 16.9 Å². The first-order valence-corrected chi connectivity index (χ1v) is 19.8. The second-order valence-corrected chi connectivity index (χ2v) is 15.8. The maximum atomic E-state index is 13.4. The number of pyridine rings is 1. The van der Waals surface area contributed by atoms with Gasteiger partial charge in [-0.1, -0.05) is 29.8 Å². The molecule has 55 heavy (non-hydrogen) atoms. The van der Waals surface area contributed by atoms with Crippen LogP contribution in [0.25, 0.3) is 11.1 Å². The number of carboxylic acids is 1. The van der Waals surface area contributed by atoms with E-state index in [-0.39, 0.29) is 48.4 Å². The Kier molecular flexibility index (Phi) is 14.5. The van der Waals surface area contributed by atoms with Crippen molar-refractivity contribution in [2.24, 2.45) is 0 Å². The van der Waals surface area contributed by atoms with E-state index < -0.39 is 71.2 Å². The van der Waals surface area contributed by atoms with Gasteiger partial charge in [-0.3, -0.25) is 9.78 Å². The highest BCUT2D eigenvalue weighted by Crippen LogP contribution is 2.53. The fourth-order valence-electron chi connectivity index (χ4n) is 5.91. The van der Waals surface area contributed by atoms with Crippen LogP contribution in [-0.4, -0.2) is 112 Å². The van der Waals surface area contributed by atoms with Gasteiger partial charge >= 0.3 is 12.0 Å². The molecule has 18 heteroatoms. The van der Waals surface area contributed by atoms with Gasteiger partial charge in [-0.2, -0.15) is 4.72 Å². The molecule has 1 heterocycles. The van der Waals surface area contributed by atoms with E-state index in [1.54, 1.807) is 12.4 Å². The molecule has 2 fully saturated rings. The Hall–Kier alpha value is -3.91. The summed E-state index contributed by atoms with van der Waals surface area (Å²) in [5.41, 5.74) is 2.47. The fraction of sp³-hybridized carbons (Fsp3) is 0.486. The lowest BCUT2D eigenvalue weighted by molar-refractivity contribution is -0.139. The number of aliphatic hydroxyl groups excluding tert-OH is 5.